The standard InChI is InChI=1S/C24H28F5N5O3/c25-16-14(22(7-9-33(10-8-22)21(36)37)20(35)34-11-24(28,29)12-34)1-2-15-18(16)32-19(31-15)17(30)13-3-5-23(26,27)6-4-13/h1-2,13,17H,3-12,30H2,(H,31,32)(H,36,37)/t17-/m0/s1. The summed E-state index contributed by atoms with van der Waals surface area (Å²) in [4.78, 5) is 34.3. The number of piperidine rings is 1. The van der Waals surface area contributed by atoms with Crippen LogP contribution in [0.4, 0.5) is 26.7 Å². The summed E-state index contributed by atoms with van der Waals surface area (Å²) in [6.45, 7) is -1.68. The molecule has 0 spiro atoms. The van der Waals surface area contributed by atoms with Gasteiger partial charge in [-0.15, -0.1) is 0 Å². The molecule has 1 aromatic carbocycles. The molecule has 1 aromatic heterocycles. The Hall–Kier alpha value is -2.96. The summed E-state index contributed by atoms with van der Waals surface area (Å²) in [6, 6.07) is 2.21. The largest absolute Gasteiger partial charge is 0.465 e. The number of benzene rings is 1. The Labute approximate surface area is 209 Å². The molecule has 3 heterocycles. The lowest BCUT2D eigenvalue weighted by molar-refractivity contribution is -0.173. The number of aromatic amines is 1. The van der Waals surface area contributed by atoms with E-state index in [1.807, 2.05) is 0 Å². The second-order valence-electron chi connectivity index (χ2n) is 10.5. The maximum Gasteiger partial charge on any atom is 0.407 e. The Morgan fingerprint density at radius 2 is 1.65 bits per heavy atom. The lowest BCUT2D eigenvalue weighted by Gasteiger charge is -2.47. The van der Waals surface area contributed by atoms with Crippen molar-refractivity contribution < 1.29 is 36.6 Å². The number of fused-ring (bicyclic) bond motifs is 1. The van der Waals surface area contributed by atoms with Crippen molar-refractivity contribution >= 4 is 23.0 Å². The molecular formula is C24H28F5N5O3. The smallest absolute Gasteiger partial charge is 0.407 e. The first kappa shape index (κ1) is 25.7. The number of H-pyrrole nitrogens is 1. The number of alkyl halides is 4. The van der Waals surface area contributed by atoms with E-state index in [4.69, 9.17) is 5.73 Å². The van der Waals surface area contributed by atoms with Gasteiger partial charge in [-0.05, 0) is 37.7 Å². The van der Waals surface area contributed by atoms with Crippen molar-refractivity contribution in [2.75, 3.05) is 26.2 Å². The van der Waals surface area contributed by atoms with E-state index in [0.717, 1.165) is 9.80 Å². The Bertz CT molecular complexity index is 1210. The number of hydrogen-bond donors (Lipinski definition) is 3. The molecule has 13 heteroatoms. The van der Waals surface area contributed by atoms with E-state index in [-0.39, 0.29) is 74.4 Å². The molecule has 3 aliphatic rings. The first-order valence-electron chi connectivity index (χ1n) is 12.3. The van der Waals surface area contributed by atoms with Gasteiger partial charge in [-0.25, -0.2) is 31.7 Å². The highest BCUT2D eigenvalue weighted by Crippen LogP contribution is 2.44. The SMILES string of the molecule is N[C@H](c1nc2c(F)c(C3(C(=O)N4CC(F)(F)C4)CCN(C(=O)O)CC3)ccc2[nH]1)C1CCC(F)(F)CC1. The number of rotatable bonds is 4. The lowest BCUT2D eigenvalue weighted by Crippen LogP contribution is -2.64. The third-order valence-corrected chi connectivity index (χ3v) is 8.14. The molecule has 2 aromatic rings. The van der Waals surface area contributed by atoms with Gasteiger partial charge in [0.1, 0.15) is 11.3 Å². The maximum absolute atomic E-state index is 16.0. The minimum Gasteiger partial charge on any atom is -0.465 e. The highest BCUT2D eigenvalue weighted by molar-refractivity contribution is 5.91. The molecule has 0 unspecified atom stereocenters. The summed E-state index contributed by atoms with van der Waals surface area (Å²) >= 11 is 0. The number of aromatic nitrogens is 2. The van der Waals surface area contributed by atoms with Crippen molar-refractivity contribution in [1.82, 2.24) is 19.8 Å². The van der Waals surface area contributed by atoms with Crippen molar-refractivity contribution in [3.8, 4) is 0 Å². The van der Waals surface area contributed by atoms with E-state index in [1.165, 1.54) is 12.1 Å². The predicted octanol–water partition coefficient (Wildman–Crippen LogP) is 4.02. The quantitative estimate of drug-likeness (QED) is 0.518. The van der Waals surface area contributed by atoms with Crippen molar-refractivity contribution in [3.05, 3.63) is 29.3 Å². The monoisotopic (exact) mass is 529 g/mol. The molecule has 202 valence electrons. The highest BCUT2D eigenvalue weighted by Gasteiger charge is 2.54. The van der Waals surface area contributed by atoms with E-state index < -0.39 is 54.2 Å². The number of nitrogens with one attached hydrogen (secondary N) is 1. The number of nitrogens with zero attached hydrogens (tertiary/aromatic N) is 3. The van der Waals surface area contributed by atoms with Crippen LogP contribution in [0.2, 0.25) is 0 Å². The lowest BCUT2D eigenvalue weighted by atomic mass is 9.70. The fraction of sp³-hybridized carbons (Fsp3) is 0.625. The van der Waals surface area contributed by atoms with Crippen LogP contribution in [0.25, 0.3) is 11.0 Å². The first-order chi connectivity index (χ1) is 17.3. The second-order valence-corrected chi connectivity index (χ2v) is 10.5. The second kappa shape index (κ2) is 8.81. The topological polar surface area (TPSA) is 116 Å². The summed E-state index contributed by atoms with van der Waals surface area (Å²) in [6.07, 6.45) is -1.48. The van der Waals surface area contributed by atoms with Crippen LogP contribution < -0.4 is 5.73 Å². The number of carbonyl (C=O) groups excluding carboxylic acids is 1. The fourth-order valence-electron chi connectivity index (χ4n) is 5.87. The van der Waals surface area contributed by atoms with Gasteiger partial charge in [-0.3, -0.25) is 4.79 Å². The Morgan fingerprint density at radius 1 is 1.03 bits per heavy atom. The number of imidazole rings is 1. The number of amides is 2. The van der Waals surface area contributed by atoms with Gasteiger partial charge in [0, 0.05) is 31.5 Å². The summed E-state index contributed by atoms with van der Waals surface area (Å²) < 4.78 is 70.2. The predicted molar refractivity (Wildman–Crippen MR) is 122 cm³/mol. The van der Waals surface area contributed by atoms with Crippen molar-refractivity contribution in [2.24, 2.45) is 11.7 Å². The van der Waals surface area contributed by atoms with E-state index in [0.29, 0.717) is 5.52 Å². The molecule has 2 saturated heterocycles. The molecule has 0 radical (unpaired) electrons. The van der Waals surface area contributed by atoms with Crippen LogP contribution in [0, 0.1) is 11.7 Å². The Balaban J connectivity index is 1.47. The van der Waals surface area contributed by atoms with E-state index >= 15 is 4.39 Å². The molecule has 5 rings (SSSR count). The number of carbonyl (C=O) groups is 2. The van der Waals surface area contributed by atoms with Gasteiger partial charge in [-0.1, -0.05) is 6.07 Å². The van der Waals surface area contributed by atoms with Crippen LogP contribution in [0.15, 0.2) is 12.1 Å². The minimum atomic E-state index is -3.02. The third-order valence-electron chi connectivity index (χ3n) is 8.14. The Morgan fingerprint density at radius 3 is 2.22 bits per heavy atom. The van der Waals surface area contributed by atoms with Gasteiger partial charge in [0.15, 0.2) is 5.82 Å². The van der Waals surface area contributed by atoms with Gasteiger partial charge in [0.25, 0.3) is 5.92 Å². The maximum atomic E-state index is 16.0. The van der Waals surface area contributed by atoms with Gasteiger partial charge < -0.3 is 25.6 Å². The molecule has 4 N–H and O–H groups in total. The van der Waals surface area contributed by atoms with Crippen LogP contribution in [0.1, 0.15) is 56.0 Å². The summed E-state index contributed by atoms with van der Waals surface area (Å²) in [5.41, 5.74) is 4.95. The highest BCUT2D eigenvalue weighted by atomic mass is 19.3. The van der Waals surface area contributed by atoms with Gasteiger partial charge in [-0.2, -0.15) is 0 Å². The van der Waals surface area contributed by atoms with Crippen LogP contribution >= 0.6 is 0 Å². The third kappa shape index (κ3) is 4.51. The van der Waals surface area contributed by atoms with E-state index in [2.05, 4.69) is 9.97 Å². The van der Waals surface area contributed by atoms with Crippen LogP contribution in [-0.2, 0) is 10.2 Å². The van der Waals surface area contributed by atoms with Crippen molar-refractivity contribution in [1.29, 1.82) is 0 Å². The van der Waals surface area contributed by atoms with Gasteiger partial charge in [0.05, 0.1) is 30.1 Å². The van der Waals surface area contributed by atoms with Crippen LogP contribution in [0.5, 0.6) is 0 Å². The van der Waals surface area contributed by atoms with E-state index in [9.17, 15) is 32.3 Å². The summed E-state index contributed by atoms with van der Waals surface area (Å²) in [5.74, 6) is -7.24. The number of carboxylic acid groups (broad SMARTS) is 1. The normalized spacial score (nSPS) is 24.1. The summed E-state index contributed by atoms with van der Waals surface area (Å²) in [5, 5.41) is 9.33. The summed E-state index contributed by atoms with van der Waals surface area (Å²) in [7, 11) is 0. The van der Waals surface area contributed by atoms with E-state index in [1.54, 1.807) is 0 Å². The molecular weight excluding hydrogens is 501 g/mol. The first-order valence-corrected chi connectivity index (χ1v) is 12.3. The zero-order chi connectivity index (χ0) is 26.8. The molecule has 37 heavy (non-hydrogen) atoms. The number of likely N-dealkylation sites (tertiary alicyclic amines) is 2. The number of halogens is 5. The molecule has 2 aliphatic heterocycles. The molecule has 8 nitrogen and oxygen atoms in total. The van der Waals surface area contributed by atoms with Gasteiger partial charge in [0.2, 0.25) is 11.8 Å². The zero-order valence-electron chi connectivity index (χ0n) is 20.0. The molecule has 1 atom stereocenters. The number of nitrogens with two attached hydrogens (primary N) is 1. The molecule has 1 aliphatic carbocycles. The Kier molecular flexibility index (Phi) is 6.12. The number of hydrogen-bond acceptors (Lipinski definition) is 4. The van der Waals surface area contributed by atoms with Crippen molar-refractivity contribution in [2.45, 2.75) is 61.8 Å². The fourth-order valence-corrected chi connectivity index (χ4v) is 5.87. The molecule has 2 amide bonds. The van der Waals surface area contributed by atoms with Crippen LogP contribution in [0.3, 0.4) is 0 Å². The minimum absolute atomic E-state index is 0.0332. The molecule has 3 fully saturated rings. The van der Waals surface area contributed by atoms with Crippen LogP contribution in [-0.4, -0.2) is 74.9 Å². The average Bonchev–Trinajstić information content (AvgIpc) is 3.27. The molecule has 1 saturated carbocycles. The van der Waals surface area contributed by atoms with Gasteiger partial charge >= 0.3 is 6.09 Å². The molecule has 0 bridgehead atoms. The zero-order valence-corrected chi connectivity index (χ0v) is 20.0. The average molecular weight is 530 g/mol. The van der Waals surface area contributed by atoms with Crippen molar-refractivity contribution in [3.63, 3.8) is 0 Å².